The molecule has 2 aliphatic heterocycles. The lowest BCUT2D eigenvalue weighted by Crippen LogP contribution is -2.47. The molecule has 2 heterocycles. The molecule has 31 heavy (non-hydrogen) atoms. The summed E-state index contributed by atoms with van der Waals surface area (Å²) >= 11 is 0. The number of nitrogens with two attached hydrogens (primary N) is 1. The van der Waals surface area contributed by atoms with Crippen LogP contribution in [0.5, 0.6) is 5.75 Å². The molecule has 1 fully saturated rings. The second kappa shape index (κ2) is 9.24. The molecule has 168 valence electrons. The van der Waals surface area contributed by atoms with Crippen molar-refractivity contribution >= 4 is 5.69 Å². The van der Waals surface area contributed by atoms with E-state index in [1.54, 1.807) is 0 Å². The maximum absolute atomic E-state index is 6.60. The van der Waals surface area contributed by atoms with Crippen LogP contribution in [0.3, 0.4) is 0 Å². The third kappa shape index (κ3) is 4.92. The highest BCUT2D eigenvalue weighted by atomic mass is 16.5. The summed E-state index contributed by atoms with van der Waals surface area (Å²) in [4.78, 5) is 2.63. The van der Waals surface area contributed by atoms with E-state index in [4.69, 9.17) is 10.5 Å². The number of aryl methyl sites for hydroxylation is 1. The Bertz CT molecular complexity index is 860. The van der Waals surface area contributed by atoms with Crippen LogP contribution in [-0.4, -0.2) is 30.1 Å². The van der Waals surface area contributed by atoms with Gasteiger partial charge in [0.05, 0.1) is 0 Å². The van der Waals surface area contributed by atoms with Gasteiger partial charge >= 0.3 is 0 Å². The molecule has 0 saturated carbocycles. The highest BCUT2D eigenvalue weighted by molar-refractivity contribution is 5.66. The van der Waals surface area contributed by atoms with Crippen LogP contribution < -0.4 is 10.5 Å². The zero-order valence-electron chi connectivity index (χ0n) is 20.0. The van der Waals surface area contributed by atoms with Crippen molar-refractivity contribution in [2.75, 3.05) is 25.4 Å². The van der Waals surface area contributed by atoms with Crippen molar-refractivity contribution in [1.82, 2.24) is 4.90 Å². The van der Waals surface area contributed by atoms with Crippen LogP contribution in [0.25, 0.3) is 0 Å². The van der Waals surface area contributed by atoms with Gasteiger partial charge in [0, 0.05) is 24.2 Å². The number of rotatable bonds is 7. The van der Waals surface area contributed by atoms with Crippen molar-refractivity contribution in [3.8, 4) is 5.75 Å². The first-order chi connectivity index (χ1) is 14.9. The summed E-state index contributed by atoms with van der Waals surface area (Å²) in [6.07, 6.45) is 8.91. The maximum atomic E-state index is 6.60. The van der Waals surface area contributed by atoms with Crippen molar-refractivity contribution in [3.05, 3.63) is 58.1 Å². The average molecular weight is 421 g/mol. The number of hydrogen-bond donors (Lipinski definition) is 1. The first-order valence-electron chi connectivity index (χ1n) is 12.2. The Kier molecular flexibility index (Phi) is 6.62. The van der Waals surface area contributed by atoms with E-state index >= 15 is 0 Å². The van der Waals surface area contributed by atoms with Crippen LogP contribution in [0.1, 0.15) is 66.8 Å². The van der Waals surface area contributed by atoms with E-state index < -0.39 is 0 Å². The molecular formula is C28H40N2O. The minimum absolute atomic E-state index is 0.138. The molecule has 1 atom stereocenters. The molecule has 4 rings (SSSR count). The molecule has 2 aromatic carbocycles. The predicted molar refractivity (Wildman–Crippen MR) is 131 cm³/mol. The van der Waals surface area contributed by atoms with Gasteiger partial charge in [-0.2, -0.15) is 0 Å². The molecule has 0 aromatic heterocycles. The van der Waals surface area contributed by atoms with E-state index in [2.05, 4.69) is 62.9 Å². The van der Waals surface area contributed by atoms with E-state index in [1.807, 2.05) is 0 Å². The van der Waals surface area contributed by atoms with Gasteiger partial charge in [-0.1, -0.05) is 43.2 Å². The molecule has 0 radical (unpaired) electrons. The summed E-state index contributed by atoms with van der Waals surface area (Å²) in [5, 5.41) is 0. The zero-order chi connectivity index (χ0) is 22.0. The minimum Gasteiger partial charge on any atom is -0.485 e. The molecule has 0 aliphatic carbocycles. The smallest absolute Gasteiger partial charge is 0.127 e. The predicted octanol–water partition coefficient (Wildman–Crippen LogP) is 6.01. The molecule has 0 bridgehead atoms. The van der Waals surface area contributed by atoms with Crippen molar-refractivity contribution in [3.63, 3.8) is 0 Å². The number of fused-ring (bicyclic) bond motifs is 1. The van der Waals surface area contributed by atoms with Gasteiger partial charge in [-0.15, -0.1) is 0 Å². The molecule has 0 spiro atoms. The summed E-state index contributed by atoms with van der Waals surface area (Å²) in [5.41, 5.74) is 13.6. The van der Waals surface area contributed by atoms with Crippen LogP contribution in [0.2, 0.25) is 0 Å². The maximum Gasteiger partial charge on any atom is 0.127 e. The van der Waals surface area contributed by atoms with Gasteiger partial charge in [0.25, 0.3) is 0 Å². The molecule has 1 unspecified atom stereocenters. The van der Waals surface area contributed by atoms with Gasteiger partial charge in [-0.3, -0.25) is 4.90 Å². The molecule has 0 amide bonds. The summed E-state index contributed by atoms with van der Waals surface area (Å²) in [6.45, 7) is 12.1. The lowest BCUT2D eigenvalue weighted by atomic mass is 9.89. The van der Waals surface area contributed by atoms with Crippen LogP contribution >= 0.6 is 0 Å². The van der Waals surface area contributed by atoms with Crippen molar-refractivity contribution in [2.24, 2.45) is 5.92 Å². The fourth-order valence-corrected chi connectivity index (χ4v) is 5.62. The lowest BCUT2D eigenvalue weighted by molar-refractivity contribution is 0.0464. The van der Waals surface area contributed by atoms with Gasteiger partial charge in [-0.05, 0) is 94.6 Å². The zero-order valence-corrected chi connectivity index (χ0v) is 20.0. The fourth-order valence-electron chi connectivity index (χ4n) is 5.62. The van der Waals surface area contributed by atoms with Crippen molar-refractivity contribution < 1.29 is 4.74 Å². The number of piperidine rings is 1. The fraction of sp³-hybridized carbons (Fsp3) is 0.571. The lowest BCUT2D eigenvalue weighted by Gasteiger charge is -2.37. The van der Waals surface area contributed by atoms with E-state index in [0.29, 0.717) is 0 Å². The van der Waals surface area contributed by atoms with Crippen LogP contribution in [0.4, 0.5) is 5.69 Å². The summed E-state index contributed by atoms with van der Waals surface area (Å²) in [6, 6.07) is 10.9. The molecule has 2 aliphatic rings. The minimum atomic E-state index is -0.138. The standard InChI is InChI=1S/C28H40N2O/c1-20-21(2)27-25(22(3)26(20)29)18-28(4,31-27)19-30-16-14-24(15-17-30)13-9-8-12-23-10-6-5-7-11-23/h5-7,10-11,24H,8-9,12-19,29H2,1-4H3. The molecule has 2 aromatic rings. The SMILES string of the molecule is Cc1c(C)c2c(c(C)c1N)CC(C)(CN1CCC(CCCCc3ccccc3)CC1)O2. The Labute approximate surface area is 189 Å². The Morgan fingerprint density at radius 3 is 2.42 bits per heavy atom. The number of nitrogens with zero attached hydrogens (tertiary/aromatic N) is 1. The van der Waals surface area contributed by atoms with E-state index in [9.17, 15) is 0 Å². The monoisotopic (exact) mass is 420 g/mol. The Balaban J connectivity index is 1.24. The van der Waals surface area contributed by atoms with Gasteiger partial charge in [-0.25, -0.2) is 0 Å². The highest BCUT2D eigenvalue weighted by Crippen LogP contribution is 2.44. The molecule has 3 nitrogen and oxygen atoms in total. The summed E-state index contributed by atoms with van der Waals surface area (Å²) in [7, 11) is 0. The number of unbranched alkanes of at least 4 members (excludes halogenated alkanes) is 1. The van der Waals surface area contributed by atoms with Crippen molar-refractivity contribution in [1.29, 1.82) is 0 Å². The molecule has 1 saturated heterocycles. The van der Waals surface area contributed by atoms with Crippen LogP contribution in [-0.2, 0) is 12.8 Å². The number of likely N-dealkylation sites (tertiary alicyclic amines) is 1. The summed E-state index contributed by atoms with van der Waals surface area (Å²) < 4.78 is 6.60. The second-order valence-corrected chi connectivity index (χ2v) is 10.3. The van der Waals surface area contributed by atoms with E-state index in [1.165, 1.54) is 79.4 Å². The topological polar surface area (TPSA) is 38.5 Å². The second-order valence-electron chi connectivity index (χ2n) is 10.3. The number of nitrogen functional groups attached to an aromatic ring is 1. The molecule has 2 N–H and O–H groups in total. The van der Waals surface area contributed by atoms with E-state index in [-0.39, 0.29) is 5.60 Å². The van der Waals surface area contributed by atoms with Gasteiger partial charge < -0.3 is 10.5 Å². The first kappa shape index (κ1) is 22.2. The molecular weight excluding hydrogens is 380 g/mol. The Morgan fingerprint density at radius 2 is 1.71 bits per heavy atom. The number of anilines is 1. The van der Waals surface area contributed by atoms with Gasteiger partial charge in [0.15, 0.2) is 0 Å². The normalized spacial score (nSPS) is 21.8. The number of hydrogen-bond acceptors (Lipinski definition) is 3. The quantitative estimate of drug-likeness (QED) is 0.440. The Morgan fingerprint density at radius 1 is 1.00 bits per heavy atom. The third-order valence-corrected chi connectivity index (χ3v) is 7.77. The van der Waals surface area contributed by atoms with E-state index in [0.717, 1.165) is 30.3 Å². The largest absolute Gasteiger partial charge is 0.485 e. The molecule has 3 heteroatoms. The number of ether oxygens (including phenoxy) is 1. The summed E-state index contributed by atoms with van der Waals surface area (Å²) in [5.74, 6) is 1.99. The number of benzene rings is 2. The average Bonchev–Trinajstić information content (AvgIpc) is 3.13. The first-order valence-corrected chi connectivity index (χ1v) is 12.2. The van der Waals surface area contributed by atoms with Crippen LogP contribution in [0.15, 0.2) is 30.3 Å². The third-order valence-electron chi connectivity index (χ3n) is 7.77. The Hall–Kier alpha value is -2.00. The van der Waals surface area contributed by atoms with Crippen LogP contribution in [0, 0.1) is 26.7 Å². The van der Waals surface area contributed by atoms with Crippen molar-refractivity contribution in [2.45, 2.75) is 78.2 Å². The highest BCUT2D eigenvalue weighted by Gasteiger charge is 2.39. The van der Waals surface area contributed by atoms with Gasteiger partial charge in [0.2, 0.25) is 0 Å². The van der Waals surface area contributed by atoms with Gasteiger partial charge in [0.1, 0.15) is 11.4 Å².